The lowest BCUT2D eigenvalue weighted by molar-refractivity contribution is 0.216. The normalized spacial score (nSPS) is 10.7. The Morgan fingerprint density at radius 3 is 2.38 bits per heavy atom. The van der Waals surface area contributed by atoms with Gasteiger partial charge in [-0.3, -0.25) is 5.32 Å². The standard InChI is InChI=1S/C18H13F3N2O2S/c1-9-17(26-10(2)22-9)25-18(24)23-15-6-4-3-5-12(15)11-7-13(19)16(21)14(20)8-11/h3-8H,1-2H3,(H,23,24). The van der Waals surface area contributed by atoms with Gasteiger partial charge in [0.15, 0.2) is 17.5 Å². The molecular weight excluding hydrogens is 365 g/mol. The lowest BCUT2D eigenvalue weighted by Crippen LogP contribution is -2.17. The van der Waals surface area contributed by atoms with Crippen molar-refractivity contribution in [2.75, 3.05) is 5.32 Å². The third-order valence-electron chi connectivity index (χ3n) is 3.50. The topological polar surface area (TPSA) is 51.2 Å². The molecule has 1 heterocycles. The van der Waals surface area contributed by atoms with Gasteiger partial charge in [0.05, 0.1) is 16.4 Å². The molecule has 0 atom stereocenters. The molecule has 0 radical (unpaired) electrons. The van der Waals surface area contributed by atoms with Crippen molar-refractivity contribution in [3.05, 3.63) is 64.6 Å². The number of hydrogen-bond acceptors (Lipinski definition) is 4. The van der Waals surface area contributed by atoms with Crippen LogP contribution in [0.2, 0.25) is 0 Å². The number of thiazole rings is 1. The summed E-state index contributed by atoms with van der Waals surface area (Å²) in [6, 6.07) is 8.07. The van der Waals surface area contributed by atoms with Gasteiger partial charge in [-0.25, -0.2) is 22.9 Å². The maximum absolute atomic E-state index is 13.5. The monoisotopic (exact) mass is 378 g/mol. The van der Waals surface area contributed by atoms with Crippen LogP contribution in [-0.4, -0.2) is 11.1 Å². The van der Waals surface area contributed by atoms with Crippen molar-refractivity contribution in [2.24, 2.45) is 0 Å². The molecule has 1 aromatic heterocycles. The number of ether oxygens (including phenoxy) is 1. The van der Waals surface area contributed by atoms with Gasteiger partial charge >= 0.3 is 6.09 Å². The van der Waals surface area contributed by atoms with Gasteiger partial charge in [0.2, 0.25) is 5.06 Å². The summed E-state index contributed by atoms with van der Waals surface area (Å²) in [5.74, 6) is -4.17. The van der Waals surface area contributed by atoms with Crippen molar-refractivity contribution in [3.8, 4) is 16.2 Å². The molecule has 0 aliphatic carbocycles. The molecule has 0 saturated heterocycles. The van der Waals surface area contributed by atoms with Crippen LogP contribution in [0.1, 0.15) is 10.7 Å². The van der Waals surface area contributed by atoms with Gasteiger partial charge in [0.25, 0.3) is 0 Å². The number of aryl methyl sites for hydroxylation is 2. The maximum Gasteiger partial charge on any atom is 0.417 e. The molecule has 134 valence electrons. The second-order valence-electron chi connectivity index (χ2n) is 5.42. The molecular formula is C18H13F3N2O2S. The minimum absolute atomic E-state index is 0.0853. The molecule has 2 aromatic carbocycles. The SMILES string of the molecule is Cc1nc(C)c(OC(=O)Nc2ccccc2-c2cc(F)c(F)c(F)c2)s1. The zero-order chi connectivity index (χ0) is 18.8. The number of carbonyl (C=O) groups is 1. The summed E-state index contributed by atoms with van der Waals surface area (Å²) in [4.78, 5) is 16.3. The van der Waals surface area contributed by atoms with Gasteiger partial charge in [0.1, 0.15) is 0 Å². The summed E-state index contributed by atoms with van der Waals surface area (Å²) in [5, 5.41) is 3.64. The zero-order valence-electron chi connectivity index (χ0n) is 13.8. The summed E-state index contributed by atoms with van der Waals surface area (Å²) in [6.07, 6.45) is -0.771. The Hall–Kier alpha value is -2.87. The quantitative estimate of drug-likeness (QED) is 0.616. The van der Waals surface area contributed by atoms with Crippen LogP contribution in [0.4, 0.5) is 23.7 Å². The molecule has 0 unspecified atom stereocenters. The van der Waals surface area contributed by atoms with Crippen LogP contribution in [0.15, 0.2) is 36.4 Å². The molecule has 0 bridgehead atoms. The zero-order valence-corrected chi connectivity index (χ0v) is 14.6. The highest BCUT2D eigenvalue weighted by Gasteiger charge is 2.16. The summed E-state index contributed by atoms with van der Waals surface area (Å²) in [6.45, 7) is 3.50. The van der Waals surface area contributed by atoms with Crippen molar-refractivity contribution in [1.82, 2.24) is 4.98 Å². The second-order valence-corrected chi connectivity index (χ2v) is 6.59. The van der Waals surface area contributed by atoms with E-state index in [1.165, 1.54) is 11.3 Å². The second kappa shape index (κ2) is 7.17. The van der Waals surface area contributed by atoms with Gasteiger partial charge in [-0.2, -0.15) is 0 Å². The number of halogens is 3. The molecule has 3 aromatic rings. The average molecular weight is 378 g/mol. The van der Waals surface area contributed by atoms with Gasteiger partial charge in [0, 0.05) is 5.56 Å². The number of carbonyl (C=O) groups excluding carboxylic acids is 1. The Bertz CT molecular complexity index is 965. The fourth-order valence-corrected chi connectivity index (χ4v) is 3.14. The van der Waals surface area contributed by atoms with E-state index in [1.807, 2.05) is 0 Å². The molecule has 0 fully saturated rings. The molecule has 1 amide bonds. The molecule has 26 heavy (non-hydrogen) atoms. The number of rotatable bonds is 3. The van der Waals surface area contributed by atoms with E-state index in [0.29, 0.717) is 16.3 Å². The Morgan fingerprint density at radius 1 is 1.12 bits per heavy atom. The number of para-hydroxylation sites is 1. The summed E-state index contributed by atoms with van der Waals surface area (Å²) in [7, 11) is 0. The fraction of sp³-hybridized carbons (Fsp3) is 0.111. The van der Waals surface area contributed by atoms with Crippen LogP contribution in [0.25, 0.3) is 11.1 Å². The molecule has 0 aliphatic heterocycles. The highest BCUT2D eigenvalue weighted by molar-refractivity contribution is 7.13. The highest BCUT2D eigenvalue weighted by atomic mass is 32.1. The van der Waals surface area contributed by atoms with E-state index in [-0.39, 0.29) is 11.3 Å². The van der Waals surface area contributed by atoms with Gasteiger partial charge in [-0.1, -0.05) is 29.5 Å². The predicted octanol–water partition coefficient (Wildman–Crippen LogP) is 5.46. The molecule has 0 aliphatic rings. The van der Waals surface area contributed by atoms with Crippen LogP contribution < -0.4 is 10.1 Å². The first-order valence-corrected chi connectivity index (χ1v) is 8.33. The molecule has 0 saturated carbocycles. The molecule has 3 rings (SSSR count). The Morgan fingerprint density at radius 2 is 1.77 bits per heavy atom. The Labute approximate surface area is 151 Å². The van der Waals surface area contributed by atoms with Crippen molar-refractivity contribution >= 4 is 23.1 Å². The van der Waals surface area contributed by atoms with Gasteiger partial charge < -0.3 is 4.74 Å². The fourth-order valence-electron chi connectivity index (χ4n) is 2.38. The first-order chi connectivity index (χ1) is 12.3. The van der Waals surface area contributed by atoms with E-state index in [0.717, 1.165) is 17.1 Å². The number of nitrogens with zero attached hydrogens (tertiary/aromatic N) is 1. The van der Waals surface area contributed by atoms with E-state index in [9.17, 15) is 18.0 Å². The number of amides is 1. The lowest BCUT2D eigenvalue weighted by atomic mass is 10.0. The van der Waals surface area contributed by atoms with Crippen molar-refractivity contribution < 1.29 is 22.7 Å². The minimum Gasteiger partial charge on any atom is -0.397 e. The van der Waals surface area contributed by atoms with E-state index in [2.05, 4.69) is 10.3 Å². The smallest absolute Gasteiger partial charge is 0.397 e. The number of anilines is 1. The molecule has 0 spiro atoms. The van der Waals surface area contributed by atoms with Crippen LogP contribution in [0, 0.1) is 31.3 Å². The van der Waals surface area contributed by atoms with Crippen LogP contribution >= 0.6 is 11.3 Å². The van der Waals surface area contributed by atoms with E-state index in [4.69, 9.17) is 4.74 Å². The van der Waals surface area contributed by atoms with E-state index < -0.39 is 23.5 Å². The summed E-state index contributed by atoms with van der Waals surface area (Å²) < 4.78 is 45.4. The largest absolute Gasteiger partial charge is 0.417 e. The number of hydrogen-bond donors (Lipinski definition) is 1. The highest BCUT2D eigenvalue weighted by Crippen LogP contribution is 2.31. The lowest BCUT2D eigenvalue weighted by Gasteiger charge is -2.11. The third kappa shape index (κ3) is 3.70. The average Bonchev–Trinajstić information content (AvgIpc) is 2.89. The maximum atomic E-state index is 13.5. The molecule has 4 nitrogen and oxygen atoms in total. The first-order valence-electron chi connectivity index (χ1n) is 7.52. The van der Waals surface area contributed by atoms with Crippen molar-refractivity contribution in [1.29, 1.82) is 0 Å². The van der Waals surface area contributed by atoms with Gasteiger partial charge in [-0.15, -0.1) is 0 Å². The van der Waals surface area contributed by atoms with Crippen molar-refractivity contribution in [2.45, 2.75) is 13.8 Å². The predicted molar refractivity (Wildman–Crippen MR) is 93.0 cm³/mol. The van der Waals surface area contributed by atoms with E-state index in [1.54, 1.807) is 38.1 Å². The van der Waals surface area contributed by atoms with Crippen LogP contribution in [0.5, 0.6) is 5.06 Å². The number of benzene rings is 2. The van der Waals surface area contributed by atoms with Gasteiger partial charge in [-0.05, 0) is 37.6 Å². The Balaban J connectivity index is 1.88. The number of nitrogens with one attached hydrogen (secondary N) is 1. The van der Waals surface area contributed by atoms with Crippen LogP contribution in [0.3, 0.4) is 0 Å². The first kappa shape index (κ1) is 17.9. The Kier molecular flexibility index (Phi) is 4.94. The molecule has 1 N–H and O–H groups in total. The van der Waals surface area contributed by atoms with E-state index >= 15 is 0 Å². The van der Waals surface area contributed by atoms with Crippen molar-refractivity contribution in [3.63, 3.8) is 0 Å². The number of aromatic nitrogens is 1. The third-order valence-corrected chi connectivity index (χ3v) is 4.46. The van der Waals surface area contributed by atoms with Crippen LogP contribution in [-0.2, 0) is 0 Å². The summed E-state index contributed by atoms with van der Waals surface area (Å²) >= 11 is 1.22. The minimum atomic E-state index is -1.55. The summed E-state index contributed by atoms with van der Waals surface area (Å²) in [5.41, 5.74) is 1.25. The molecule has 8 heteroatoms.